The van der Waals surface area contributed by atoms with E-state index in [0.717, 1.165) is 30.2 Å². The van der Waals surface area contributed by atoms with Crippen molar-refractivity contribution in [3.05, 3.63) is 40.3 Å². The molecule has 4 bridgehead atoms. The average molecular weight is 521 g/mol. The van der Waals surface area contributed by atoms with E-state index in [1.54, 1.807) is 13.8 Å². The Labute approximate surface area is 224 Å². The van der Waals surface area contributed by atoms with Crippen LogP contribution < -0.4 is 5.56 Å². The molecule has 8 heteroatoms. The fourth-order valence-corrected chi connectivity index (χ4v) is 8.15. The number of rotatable bonds is 6. The van der Waals surface area contributed by atoms with Gasteiger partial charge in [-0.25, -0.2) is 9.78 Å². The van der Waals surface area contributed by atoms with Gasteiger partial charge in [-0.15, -0.1) is 0 Å². The van der Waals surface area contributed by atoms with E-state index in [4.69, 9.17) is 4.84 Å². The van der Waals surface area contributed by atoms with E-state index < -0.39 is 11.7 Å². The molecule has 5 atom stereocenters. The fourth-order valence-electron chi connectivity index (χ4n) is 8.15. The van der Waals surface area contributed by atoms with Crippen LogP contribution in [0, 0.1) is 11.8 Å². The molecule has 8 nitrogen and oxygen atoms in total. The summed E-state index contributed by atoms with van der Waals surface area (Å²) in [4.78, 5) is 38.8. The molecule has 204 valence electrons. The van der Waals surface area contributed by atoms with Crippen molar-refractivity contribution >= 4 is 22.7 Å². The number of hydrogen-bond donors (Lipinski definition) is 1. The molecule has 2 saturated heterocycles. The summed E-state index contributed by atoms with van der Waals surface area (Å²) in [6, 6.07) is 9.18. The quantitative estimate of drug-likeness (QED) is 0.419. The Hall–Kier alpha value is -2.74. The first-order chi connectivity index (χ1) is 18.4. The van der Waals surface area contributed by atoms with E-state index in [2.05, 4.69) is 15.0 Å². The lowest BCUT2D eigenvalue weighted by atomic mass is 9.68. The molecular formula is C30H40N4O4. The number of carbonyl (C=O) groups is 1. The van der Waals surface area contributed by atoms with Gasteiger partial charge < -0.3 is 14.5 Å². The number of hydrogen-bond acceptors (Lipinski definition) is 6. The molecule has 2 aliphatic heterocycles. The minimum absolute atomic E-state index is 0.00449. The van der Waals surface area contributed by atoms with Crippen molar-refractivity contribution in [3.8, 4) is 0 Å². The molecule has 4 unspecified atom stereocenters. The van der Waals surface area contributed by atoms with Crippen LogP contribution in [0.1, 0.15) is 96.2 Å². The van der Waals surface area contributed by atoms with Gasteiger partial charge in [0.15, 0.2) is 5.69 Å². The highest BCUT2D eigenvalue weighted by Gasteiger charge is 2.45. The van der Waals surface area contributed by atoms with Gasteiger partial charge in [0.1, 0.15) is 6.10 Å². The highest BCUT2D eigenvalue weighted by molar-refractivity contribution is 6.41. The van der Waals surface area contributed by atoms with Crippen molar-refractivity contribution in [2.45, 2.75) is 115 Å². The third-order valence-electron chi connectivity index (χ3n) is 9.47. The molecule has 4 fully saturated rings. The molecule has 2 aliphatic carbocycles. The van der Waals surface area contributed by atoms with E-state index in [1.165, 1.54) is 57.8 Å². The Morgan fingerprint density at radius 2 is 1.61 bits per heavy atom. The smallest absolute Gasteiger partial charge is 0.360 e. The van der Waals surface area contributed by atoms with Gasteiger partial charge in [0.05, 0.1) is 11.0 Å². The van der Waals surface area contributed by atoms with E-state index in [0.29, 0.717) is 23.6 Å². The van der Waals surface area contributed by atoms with Gasteiger partial charge in [-0.1, -0.05) is 43.0 Å². The predicted molar refractivity (Wildman–Crippen MR) is 146 cm³/mol. The van der Waals surface area contributed by atoms with Crippen LogP contribution in [-0.2, 0) is 9.63 Å². The van der Waals surface area contributed by atoms with Gasteiger partial charge in [0, 0.05) is 24.2 Å². The molecule has 6 rings (SSSR count). The van der Waals surface area contributed by atoms with Gasteiger partial charge >= 0.3 is 5.97 Å². The molecular weight excluding hydrogens is 480 g/mol. The number of nitrogens with zero attached hydrogens (tertiary/aromatic N) is 4. The van der Waals surface area contributed by atoms with Crippen LogP contribution in [0.3, 0.4) is 0 Å². The maximum atomic E-state index is 14.0. The zero-order valence-corrected chi connectivity index (χ0v) is 22.6. The Bertz CT molecular complexity index is 1260. The van der Waals surface area contributed by atoms with Gasteiger partial charge in [-0.2, -0.15) is 0 Å². The normalized spacial score (nSPS) is 31.9. The average Bonchev–Trinajstić information content (AvgIpc) is 2.87. The topological polar surface area (TPSA) is 97.0 Å². The highest BCUT2D eigenvalue weighted by atomic mass is 16.6. The van der Waals surface area contributed by atoms with E-state index in [1.807, 2.05) is 28.8 Å². The second kappa shape index (κ2) is 10.4. The summed E-state index contributed by atoms with van der Waals surface area (Å²) in [6.07, 6.45) is 13.4. The predicted octanol–water partition coefficient (Wildman–Crippen LogP) is 5.14. The molecule has 1 aromatic heterocycles. The number of para-hydroxylation sites is 2. The molecule has 2 saturated carbocycles. The Kier molecular flexibility index (Phi) is 7.01. The van der Waals surface area contributed by atoms with E-state index >= 15 is 0 Å². The summed E-state index contributed by atoms with van der Waals surface area (Å²) in [7, 11) is 0. The minimum Gasteiger partial charge on any atom is -0.476 e. The van der Waals surface area contributed by atoms with Crippen LogP contribution in [0.4, 0.5) is 0 Å². The SMILES string of the molecule is CC(C)O/N=C(\C(=O)O)c1nc2ccccc2n(C2CC3CCC[C@@H](C2)N3C2CC3CCCC(C3)C2)c1=O. The zero-order valence-electron chi connectivity index (χ0n) is 22.6. The molecule has 0 radical (unpaired) electrons. The van der Waals surface area contributed by atoms with Crippen molar-refractivity contribution < 1.29 is 14.7 Å². The first kappa shape index (κ1) is 25.5. The number of carboxylic acids is 1. The first-order valence-corrected chi connectivity index (χ1v) is 14.6. The van der Waals surface area contributed by atoms with E-state index in [-0.39, 0.29) is 23.4 Å². The minimum atomic E-state index is -1.31. The molecule has 4 aliphatic rings. The van der Waals surface area contributed by atoms with Crippen LogP contribution >= 0.6 is 0 Å². The Morgan fingerprint density at radius 1 is 0.947 bits per heavy atom. The van der Waals surface area contributed by atoms with Crippen LogP contribution in [0.2, 0.25) is 0 Å². The Balaban J connectivity index is 1.37. The van der Waals surface area contributed by atoms with Gasteiger partial charge in [-0.05, 0) is 82.8 Å². The summed E-state index contributed by atoms with van der Waals surface area (Å²) in [6.45, 7) is 3.53. The second-order valence-electron chi connectivity index (χ2n) is 12.4. The lowest BCUT2D eigenvalue weighted by Gasteiger charge is -2.55. The fraction of sp³-hybridized carbons (Fsp3) is 0.667. The molecule has 1 N–H and O–H groups in total. The van der Waals surface area contributed by atoms with Crippen LogP contribution in [-0.4, -0.2) is 55.5 Å². The summed E-state index contributed by atoms with van der Waals surface area (Å²) >= 11 is 0. The third kappa shape index (κ3) is 4.76. The summed E-state index contributed by atoms with van der Waals surface area (Å²) in [5.74, 6) is 0.468. The van der Waals surface area contributed by atoms with Crippen LogP contribution in [0.15, 0.2) is 34.2 Å². The standard InChI is InChI=1S/C30H40N4O4/c1-18(2)38-32-28(30(36)37)27-29(35)34(26-12-4-3-11-25(26)31-27)24-16-21-9-6-10-22(17-24)33(21)23-14-19-7-5-8-20(13-19)15-23/h3-4,11-12,18-24H,5-10,13-17H2,1-2H3,(H,36,37)/b32-28-/t19?,20?,21-,22?,23?,24?/m0/s1. The zero-order chi connectivity index (χ0) is 26.4. The van der Waals surface area contributed by atoms with Crippen molar-refractivity contribution in [2.75, 3.05) is 0 Å². The van der Waals surface area contributed by atoms with Crippen molar-refractivity contribution in [3.63, 3.8) is 0 Å². The largest absolute Gasteiger partial charge is 0.476 e. The molecule has 0 spiro atoms. The van der Waals surface area contributed by atoms with Crippen molar-refractivity contribution in [1.82, 2.24) is 14.5 Å². The molecule has 1 aromatic carbocycles. The maximum Gasteiger partial charge on any atom is 0.360 e. The highest BCUT2D eigenvalue weighted by Crippen LogP contribution is 2.47. The van der Waals surface area contributed by atoms with Crippen LogP contribution in [0.25, 0.3) is 11.0 Å². The van der Waals surface area contributed by atoms with E-state index in [9.17, 15) is 14.7 Å². The molecule has 0 amide bonds. The summed E-state index contributed by atoms with van der Waals surface area (Å²) < 4.78 is 1.84. The van der Waals surface area contributed by atoms with Crippen molar-refractivity contribution in [1.29, 1.82) is 0 Å². The van der Waals surface area contributed by atoms with Gasteiger partial charge in [0.2, 0.25) is 5.71 Å². The lowest BCUT2D eigenvalue weighted by molar-refractivity contribution is -0.129. The molecule has 38 heavy (non-hydrogen) atoms. The van der Waals surface area contributed by atoms with Crippen molar-refractivity contribution in [2.24, 2.45) is 17.0 Å². The Morgan fingerprint density at radius 3 is 2.26 bits per heavy atom. The number of oxime groups is 1. The summed E-state index contributed by atoms with van der Waals surface area (Å²) in [5, 5.41) is 13.7. The number of fused-ring (bicyclic) bond motifs is 5. The first-order valence-electron chi connectivity index (χ1n) is 14.6. The maximum absolute atomic E-state index is 14.0. The number of carboxylic acid groups (broad SMARTS) is 1. The number of benzene rings is 1. The second-order valence-corrected chi connectivity index (χ2v) is 12.4. The van der Waals surface area contributed by atoms with Crippen LogP contribution in [0.5, 0.6) is 0 Å². The third-order valence-corrected chi connectivity index (χ3v) is 9.47. The lowest BCUT2D eigenvalue weighted by Crippen LogP contribution is -2.58. The monoisotopic (exact) mass is 520 g/mol. The number of piperidine rings is 2. The van der Waals surface area contributed by atoms with Gasteiger partial charge in [-0.3, -0.25) is 9.69 Å². The molecule has 3 heterocycles. The summed E-state index contributed by atoms with van der Waals surface area (Å²) in [5.41, 5.74) is 0.396. The number of aliphatic carboxylic acids is 1. The molecule has 2 aromatic rings. The number of aromatic nitrogens is 2. The van der Waals surface area contributed by atoms with Gasteiger partial charge in [0.25, 0.3) is 5.56 Å².